The number of benzene rings is 2. The number of hydrogen-bond donors (Lipinski definition) is 0. The van der Waals surface area contributed by atoms with Crippen molar-refractivity contribution in [3.05, 3.63) is 59.4 Å². The molecule has 2 aromatic rings. The number of aryl methyl sites for hydroxylation is 1. The molecular formula is C24H30FNO5. The molecule has 0 saturated carbocycles. The Balaban J connectivity index is 2.09. The molecule has 0 spiro atoms. The standard InChI is InChI=1S/C24H30FNO5/c1-29-20-15-19(16-21(17-20)30-2)24(28)26(13-7-6-12-23(27)31-3)14-8-10-18-9-4-5-11-22(18)25/h4-5,9,11,15-17H,6-8,10,12-14H2,1-3H3. The summed E-state index contributed by atoms with van der Waals surface area (Å²) in [6.45, 7) is 0.942. The van der Waals surface area contributed by atoms with Gasteiger partial charge in [-0.05, 0) is 49.4 Å². The van der Waals surface area contributed by atoms with E-state index < -0.39 is 0 Å². The summed E-state index contributed by atoms with van der Waals surface area (Å²) in [5.74, 6) is 0.383. The predicted molar refractivity (Wildman–Crippen MR) is 116 cm³/mol. The highest BCUT2D eigenvalue weighted by atomic mass is 19.1. The lowest BCUT2D eigenvalue weighted by Gasteiger charge is -2.23. The third-order valence-electron chi connectivity index (χ3n) is 5.00. The predicted octanol–water partition coefficient (Wildman–Crippen LogP) is 4.26. The fourth-order valence-electron chi connectivity index (χ4n) is 3.26. The molecule has 0 unspecified atom stereocenters. The number of carbonyl (C=O) groups excluding carboxylic acids is 2. The van der Waals surface area contributed by atoms with E-state index in [0.29, 0.717) is 67.8 Å². The van der Waals surface area contributed by atoms with Crippen LogP contribution in [0.25, 0.3) is 0 Å². The number of methoxy groups -OCH3 is 3. The van der Waals surface area contributed by atoms with Crippen molar-refractivity contribution in [2.45, 2.75) is 32.1 Å². The van der Waals surface area contributed by atoms with Crippen LogP contribution < -0.4 is 9.47 Å². The minimum Gasteiger partial charge on any atom is -0.497 e. The van der Waals surface area contributed by atoms with E-state index in [4.69, 9.17) is 9.47 Å². The van der Waals surface area contributed by atoms with Crippen molar-refractivity contribution >= 4 is 11.9 Å². The van der Waals surface area contributed by atoms with Gasteiger partial charge in [0, 0.05) is 31.1 Å². The van der Waals surface area contributed by atoms with Crippen molar-refractivity contribution in [1.82, 2.24) is 4.90 Å². The highest BCUT2D eigenvalue weighted by Gasteiger charge is 2.18. The maximum Gasteiger partial charge on any atom is 0.305 e. The highest BCUT2D eigenvalue weighted by molar-refractivity contribution is 5.95. The number of rotatable bonds is 12. The van der Waals surface area contributed by atoms with Gasteiger partial charge in [-0.1, -0.05) is 18.2 Å². The summed E-state index contributed by atoms with van der Waals surface area (Å²) < 4.78 is 29.1. The van der Waals surface area contributed by atoms with E-state index >= 15 is 0 Å². The Hall–Kier alpha value is -3.09. The Bertz CT molecular complexity index is 849. The van der Waals surface area contributed by atoms with Crippen LogP contribution in [0.5, 0.6) is 11.5 Å². The third-order valence-corrected chi connectivity index (χ3v) is 5.00. The first kappa shape index (κ1) is 24.2. The van der Waals surface area contributed by atoms with E-state index in [9.17, 15) is 14.0 Å². The Morgan fingerprint density at radius 3 is 2.16 bits per heavy atom. The molecular weight excluding hydrogens is 401 g/mol. The Morgan fingerprint density at radius 1 is 0.903 bits per heavy atom. The molecule has 0 aromatic heterocycles. The first-order chi connectivity index (χ1) is 15.0. The van der Waals surface area contributed by atoms with Crippen molar-refractivity contribution < 1.29 is 28.2 Å². The average molecular weight is 432 g/mol. The number of unbranched alkanes of at least 4 members (excludes halogenated alkanes) is 1. The van der Waals surface area contributed by atoms with E-state index in [1.807, 2.05) is 0 Å². The van der Waals surface area contributed by atoms with E-state index in [2.05, 4.69) is 4.74 Å². The van der Waals surface area contributed by atoms with E-state index in [-0.39, 0.29) is 17.7 Å². The summed E-state index contributed by atoms with van der Waals surface area (Å²) in [6.07, 6.45) is 2.72. The van der Waals surface area contributed by atoms with Crippen molar-refractivity contribution in [1.29, 1.82) is 0 Å². The fraction of sp³-hybridized carbons (Fsp3) is 0.417. The molecule has 2 aromatic carbocycles. The second-order valence-corrected chi connectivity index (χ2v) is 7.12. The number of ether oxygens (including phenoxy) is 3. The van der Waals surface area contributed by atoms with E-state index in [1.54, 1.807) is 41.3 Å². The van der Waals surface area contributed by atoms with Crippen LogP contribution in [-0.2, 0) is 16.0 Å². The zero-order valence-corrected chi connectivity index (χ0v) is 18.4. The molecule has 0 bridgehead atoms. The number of esters is 1. The maximum absolute atomic E-state index is 13.9. The van der Waals surface area contributed by atoms with Gasteiger partial charge in [-0.2, -0.15) is 0 Å². The molecule has 0 aliphatic heterocycles. The molecule has 0 atom stereocenters. The van der Waals surface area contributed by atoms with Crippen molar-refractivity contribution in [3.8, 4) is 11.5 Å². The lowest BCUT2D eigenvalue weighted by Crippen LogP contribution is -2.33. The van der Waals surface area contributed by atoms with Crippen molar-refractivity contribution in [2.24, 2.45) is 0 Å². The molecule has 7 heteroatoms. The van der Waals surface area contributed by atoms with Crippen LogP contribution >= 0.6 is 0 Å². The maximum atomic E-state index is 13.9. The summed E-state index contributed by atoms with van der Waals surface area (Å²) in [5, 5.41) is 0. The van der Waals surface area contributed by atoms with Crippen LogP contribution in [0.4, 0.5) is 4.39 Å². The van der Waals surface area contributed by atoms with Crippen LogP contribution in [0.15, 0.2) is 42.5 Å². The van der Waals surface area contributed by atoms with Gasteiger partial charge in [0.05, 0.1) is 21.3 Å². The van der Waals surface area contributed by atoms with Gasteiger partial charge in [-0.25, -0.2) is 4.39 Å². The minimum atomic E-state index is -0.269. The monoisotopic (exact) mass is 431 g/mol. The molecule has 1 amide bonds. The molecule has 0 N–H and O–H groups in total. The zero-order valence-electron chi connectivity index (χ0n) is 18.4. The topological polar surface area (TPSA) is 65.1 Å². The number of hydrogen-bond acceptors (Lipinski definition) is 5. The first-order valence-electron chi connectivity index (χ1n) is 10.3. The molecule has 0 fully saturated rings. The van der Waals surface area contributed by atoms with Gasteiger partial charge in [0.15, 0.2) is 0 Å². The van der Waals surface area contributed by atoms with Crippen LogP contribution in [-0.4, -0.2) is 51.2 Å². The highest BCUT2D eigenvalue weighted by Crippen LogP contribution is 2.24. The average Bonchev–Trinajstić information content (AvgIpc) is 2.80. The molecule has 2 rings (SSSR count). The Kier molecular flexibility index (Phi) is 9.81. The largest absolute Gasteiger partial charge is 0.497 e. The quantitative estimate of drug-likeness (QED) is 0.371. The molecule has 6 nitrogen and oxygen atoms in total. The lowest BCUT2D eigenvalue weighted by molar-refractivity contribution is -0.140. The van der Waals surface area contributed by atoms with Gasteiger partial charge in [0.2, 0.25) is 0 Å². The minimum absolute atomic E-state index is 0.163. The summed E-state index contributed by atoms with van der Waals surface area (Å²) in [5.41, 5.74) is 1.08. The molecule has 0 aliphatic rings. The van der Waals surface area contributed by atoms with E-state index in [1.165, 1.54) is 27.4 Å². The van der Waals surface area contributed by atoms with Crippen LogP contribution in [0.2, 0.25) is 0 Å². The van der Waals surface area contributed by atoms with Gasteiger partial charge >= 0.3 is 5.97 Å². The van der Waals surface area contributed by atoms with Crippen LogP contribution in [0, 0.1) is 5.82 Å². The molecule has 0 saturated heterocycles. The van der Waals surface area contributed by atoms with E-state index in [0.717, 1.165) is 0 Å². The Labute approximate surface area is 182 Å². The second-order valence-electron chi connectivity index (χ2n) is 7.12. The molecule has 168 valence electrons. The summed E-state index contributed by atoms with van der Waals surface area (Å²) >= 11 is 0. The number of amides is 1. The number of halogens is 1. The van der Waals surface area contributed by atoms with Gasteiger partial charge in [0.1, 0.15) is 17.3 Å². The summed E-state index contributed by atoms with van der Waals surface area (Å²) in [4.78, 5) is 26.3. The SMILES string of the molecule is COC(=O)CCCCN(CCCc1ccccc1F)C(=O)c1cc(OC)cc(OC)c1. The third kappa shape index (κ3) is 7.59. The van der Waals surface area contributed by atoms with Crippen LogP contribution in [0.1, 0.15) is 41.6 Å². The fourth-order valence-corrected chi connectivity index (χ4v) is 3.26. The molecule has 0 aliphatic carbocycles. The molecule has 0 heterocycles. The number of nitrogens with zero attached hydrogens (tertiary/aromatic N) is 1. The summed E-state index contributed by atoms with van der Waals surface area (Å²) in [6, 6.07) is 11.7. The summed E-state index contributed by atoms with van der Waals surface area (Å²) in [7, 11) is 4.42. The first-order valence-corrected chi connectivity index (χ1v) is 10.3. The smallest absolute Gasteiger partial charge is 0.305 e. The number of carbonyl (C=O) groups is 2. The van der Waals surface area contributed by atoms with Crippen LogP contribution in [0.3, 0.4) is 0 Å². The van der Waals surface area contributed by atoms with Gasteiger partial charge < -0.3 is 19.1 Å². The molecule has 31 heavy (non-hydrogen) atoms. The van der Waals surface area contributed by atoms with Crippen molar-refractivity contribution in [3.63, 3.8) is 0 Å². The van der Waals surface area contributed by atoms with Gasteiger partial charge in [-0.15, -0.1) is 0 Å². The van der Waals surface area contributed by atoms with Gasteiger partial charge in [-0.3, -0.25) is 9.59 Å². The normalized spacial score (nSPS) is 10.5. The van der Waals surface area contributed by atoms with Crippen molar-refractivity contribution in [2.75, 3.05) is 34.4 Å². The van der Waals surface area contributed by atoms with Gasteiger partial charge in [0.25, 0.3) is 5.91 Å². The zero-order chi connectivity index (χ0) is 22.6. The second kappa shape index (κ2) is 12.6. The lowest BCUT2D eigenvalue weighted by atomic mass is 10.1. The Morgan fingerprint density at radius 2 is 1.55 bits per heavy atom. The molecule has 0 radical (unpaired) electrons.